The molecule has 10 heteroatoms. The molecule has 1 aliphatic rings. The highest BCUT2D eigenvalue weighted by atomic mass is 19.4. The van der Waals surface area contributed by atoms with Gasteiger partial charge in [-0.15, -0.1) is 0 Å². The molecule has 2 N–H and O–H groups in total. The number of carbonyl (C=O) groups excluding carboxylic acids is 2. The topological polar surface area (TPSA) is 90.0 Å². The van der Waals surface area contributed by atoms with Gasteiger partial charge in [0, 0.05) is 27.2 Å². The van der Waals surface area contributed by atoms with Crippen LogP contribution in [-0.2, 0) is 9.59 Å². The van der Waals surface area contributed by atoms with Gasteiger partial charge in [0.2, 0.25) is 5.91 Å². The third-order valence-corrected chi connectivity index (χ3v) is 3.40. The molecular formula is C11H16F3N3O4. The quantitative estimate of drug-likeness (QED) is 0.775. The first-order valence-electron chi connectivity index (χ1n) is 6.04. The molecule has 1 heterocycles. The molecule has 120 valence electrons. The molecule has 0 bridgehead atoms. The number of carboxylic acids is 1. The van der Waals surface area contributed by atoms with Crippen molar-refractivity contribution in [2.45, 2.75) is 12.6 Å². The lowest BCUT2D eigenvalue weighted by Gasteiger charge is -2.27. The second kappa shape index (κ2) is 5.78. The number of hydrogen-bond donors (Lipinski definition) is 2. The molecule has 1 fully saturated rings. The highest BCUT2D eigenvalue weighted by Crippen LogP contribution is 2.45. The van der Waals surface area contributed by atoms with Crippen LogP contribution >= 0.6 is 0 Å². The Morgan fingerprint density at radius 3 is 2.29 bits per heavy atom. The molecule has 1 aliphatic heterocycles. The number of likely N-dealkylation sites (tertiary alicyclic amines) is 1. The number of alkyl halides is 3. The number of aliphatic carboxylic acids is 1. The third-order valence-electron chi connectivity index (χ3n) is 3.40. The summed E-state index contributed by atoms with van der Waals surface area (Å²) < 4.78 is 38.8. The minimum atomic E-state index is -4.95. The number of nitrogens with one attached hydrogen (secondary N) is 1. The van der Waals surface area contributed by atoms with E-state index in [-0.39, 0.29) is 13.1 Å². The van der Waals surface area contributed by atoms with Gasteiger partial charge in [-0.2, -0.15) is 13.2 Å². The van der Waals surface area contributed by atoms with Gasteiger partial charge in [0.15, 0.2) is 5.41 Å². The van der Waals surface area contributed by atoms with E-state index in [2.05, 4.69) is 5.32 Å². The van der Waals surface area contributed by atoms with Gasteiger partial charge in [0.1, 0.15) is 0 Å². The molecule has 0 radical (unpaired) electrons. The maximum absolute atomic E-state index is 12.9. The Morgan fingerprint density at radius 2 is 1.90 bits per heavy atom. The Kier molecular flexibility index (Phi) is 4.69. The van der Waals surface area contributed by atoms with Crippen molar-refractivity contribution < 1.29 is 32.7 Å². The highest BCUT2D eigenvalue weighted by molar-refractivity contribution is 5.85. The number of nitrogens with zero attached hydrogens (tertiary/aromatic N) is 2. The SMILES string of the molecule is CN(C)C(=O)CNC(=O)N1CCC(C(=O)O)(C(F)(F)F)C1. The molecule has 1 saturated heterocycles. The molecule has 0 aromatic rings. The summed E-state index contributed by atoms with van der Waals surface area (Å²) in [5.41, 5.74) is -2.95. The lowest BCUT2D eigenvalue weighted by Crippen LogP contribution is -2.49. The Labute approximate surface area is 118 Å². The van der Waals surface area contributed by atoms with Crippen molar-refractivity contribution >= 4 is 17.9 Å². The number of hydrogen-bond acceptors (Lipinski definition) is 3. The first kappa shape index (κ1) is 17.1. The maximum atomic E-state index is 12.9. The molecule has 1 rings (SSSR count). The van der Waals surface area contributed by atoms with E-state index in [0.717, 1.165) is 4.90 Å². The molecule has 1 unspecified atom stereocenters. The molecule has 0 aliphatic carbocycles. The fraction of sp³-hybridized carbons (Fsp3) is 0.727. The van der Waals surface area contributed by atoms with Gasteiger partial charge in [-0.05, 0) is 6.42 Å². The van der Waals surface area contributed by atoms with Gasteiger partial charge in [-0.25, -0.2) is 4.79 Å². The fourth-order valence-corrected chi connectivity index (χ4v) is 1.93. The van der Waals surface area contributed by atoms with E-state index < -0.39 is 42.5 Å². The predicted octanol–water partition coefficient (Wildman–Crippen LogP) is 0.123. The van der Waals surface area contributed by atoms with Crippen molar-refractivity contribution in [3.8, 4) is 0 Å². The van der Waals surface area contributed by atoms with Crippen LogP contribution in [-0.4, -0.2) is 72.7 Å². The Bertz CT molecular complexity index is 452. The Morgan fingerprint density at radius 1 is 1.33 bits per heavy atom. The average molecular weight is 311 g/mol. The van der Waals surface area contributed by atoms with Crippen LogP contribution in [0.25, 0.3) is 0 Å². The molecule has 0 saturated carbocycles. The van der Waals surface area contributed by atoms with Crippen molar-refractivity contribution in [1.82, 2.24) is 15.1 Å². The highest BCUT2D eigenvalue weighted by Gasteiger charge is 2.64. The predicted molar refractivity (Wildman–Crippen MR) is 64.4 cm³/mol. The van der Waals surface area contributed by atoms with Crippen molar-refractivity contribution in [3.63, 3.8) is 0 Å². The van der Waals surface area contributed by atoms with Gasteiger partial charge in [-0.3, -0.25) is 9.59 Å². The fourth-order valence-electron chi connectivity index (χ4n) is 1.93. The number of halogens is 3. The van der Waals surface area contributed by atoms with Crippen LogP contribution in [0.1, 0.15) is 6.42 Å². The normalized spacial score (nSPS) is 22.0. The van der Waals surface area contributed by atoms with E-state index in [1.54, 1.807) is 0 Å². The molecule has 21 heavy (non-hydrogen) atoms. The summed E-state index contributed by atoms with van der Waals surface area (Å²) in [4.78, 5) is 35.9. The zero-order valence-electron chi connectivity index (χ0n) is 11.5. The smallest absolute Gasteiger partial charge is 0.406 e. The van der Waals surface area contributed by atoms with Crippen LogP contribution in [0.5, 0.6) is 0 Å². The summed E-state index contributed by atoms with van der Waals surface area (Å²) in [7, 11) is 2.92. The second-order valence-electron chi connectivity index (χ2n) is 5.00. The monoisotopic (exact) mass is 311 g/mol. The van der Waals surface area contributed by atoms with E-state index in [0.29, 0.717) is 0 Å². The van der Waals surface area contributed by atoms with E-state index in [1.165, 1.54) is 19.0 Å². The standard InChI is InChI=1S/C11H16F3N3O4/c1-16(2)7(18)5-15-9(21)17-4-3-10(6-17,8(19)20)11(12,13)14/h3-6H2,1-2H3,(H,15,21)(H,19,20). The van der Waals surface area contributed by atoms with Crippen LogP contribution in [0.3, 0.4) is 0 Å². The molecule has 0 spiro atoms. The van der Waals surface area contributed by atoms with Crippen molar-refractivity contribution in [1.29, 1.82) is 0 Å². The van der Waals surface area contributed by atoms with E-state index in [9.17, 15) is 27.6 Å². The summed E-state index contributed by atoms with van der Waals surface area (Å²) in [6.07, 6.45) is -5.66. The number of likely N-dealkylation sites (N-methyl/N-ethyl adjacent to an activating group) is 1. The van der Waals surface area contributed by atoms with Gasteiger partial charge in [0.25, 0.3) is 0 Å². The van der Waals surface area contributed by atoms with E-state index >= 15 is 0 Å². The van der Waals surface area contributed by atoms with Crippen molar-refractivity contribution in [3.05, 3.63) is 0 Å². The van der Waals surface area contributed by atoms with Gasteiger partial charge < -0.3 is 20.2 Å². The van der Waals surface area contributed by atoms with E-state index in [4.69, 9.17) is 5.11 Å². The van der Waals surface area contributed by atoms with Crippen LogP contribution in [0.4, 0.5) is 18.0 Å². The lowest BCUT2D eigenvalue weighted by atomic mass is 9.86. The second-order valence-corrected chi connectivity index (χ2v) is 5.00. The summed E-state index contributed by atoms with van der Waals surface area (Å²) in [5.74, 6) is -2.43. The minimum absolute atomic E-state index is 0.339. The van der Waals surface area contributed by atoms with Gasteiger partial charge in [0.05, 0.1) is 6.54 Å². The van der Waals surface area contributed by atoms with Crippen LogP contribution in [0.15, 0.2) is 0 Å². The van der Waals surface area contributed by atoms with Crippen LogP contribution in [0, 0.1) is 5.41 Å². The van der Waals surface area contributed by atoms with Crippen molar-refractivity contribution in [2.75, 3.05) is 33.7 Å². The number of carbonyl (C=O) groups is 3. The van der Waals surface area contributed by atoms with Crippen LogP contribution < -0.4 is 5.32 Å². The molecular weight excluding hydrogens is 295 g/mol. The zero-order chi connectivity index (χ0) is 16.4. The molecule has 1 atom stereocenters. The van der Waals surface area contributed by atoms with Gasteiger partial charge in [-0.1, -0.05) is 0 Å². The third kappa shape index (κ3) is 3.37. The molecule has 0 aromatic carbocycles. The average Bonchev–Trinajstić information content (AvgIpc) is 2.81. The number of urea groups is 1. The summed E-state index contributed by atoms with van der Waals surface area (Å²) >= 11 is 0. The number of rotatable bonds is 3. The van der Waals surface area contributed by atoms with Crippen molar-refractivity contribution in [2.24, 2.45) is 5.41 Å². The van der Waals surface area contributed by atoms with E-state index in [1.807, 2.05) is 0 Å². The van der Waals surface area contributed by atoms with Crippen LogP contribution in [0.2, 0.25) is 0 Å². The first-order valence-corrected chi connectivity index (χ1v) is 6.04. The largest absolute Gasteiger partial charge is 0.481 e. The molecule has 0 aromatic heterocycles. The zero-order valence-corrected chi connectivity index (χ0v) is 11.5. The van der Waals surface area contributed by atoms with Gasteiger partial charge >= 0.3 is 18.2 Å². The number of amides is 3. The summed E-state index contributed by atoms with van der Waals surface area (Å²) in [6, 6.07) is -0.891. The summed E-state index contributed by atoms with van der Waals surface area (Å²) in [6.45, 7) is -1.67. The summed E-state index contributed by atoms with van der Waals surface area (Å²) in [5, 5.41) is 11.0. The lowest BCUT2D eigenvalue weighted by molar-refractivity contribution is -0.227. The Hall–Kier alpha value is -2.00. The Balaban J connectivity index is 2.71. The maximum Gasteiger partial charge on any atom is 0.406 e. The molecule has 7 nitrogen and oxygen atoms in total. The molecule has 3 amide bonds. The first-order chi connectivity index (χ1) is 9.51. The number of carboxylic acid groups (broad SMARTS) is 1. The minimum Gasteiger partial charge on any atom is -0.481 e.